The van der Waals surface area contributed by atoms with E-state index >= 15 is 0 Å². The lowest BCUT2D eigenvalue weighted by molar-refractivity contribution is -0.144. The third-order valence-electron chi connectivity index (χ3n) is 6.62. The fraction of sp³-hybridized carbons (Fsp3) is 0.538. The molecule has 0 bridgehead atoms. The van der Waals surface area contributed by atoms with Crippen LogP contribution in [-0.4, -0.2) is 60.2 Å². The van der Waals surface area contributed by atoms with E-state index in [1.807, 2.05) is 30.0 Å². The number of nitrogens with zero attached hydrogens (tertiary/aromatic N) is 5. The highest BCUT2D eigenvalue weighted by atomic mass is 16.5. The zero-order valence-corrected chi connectivity index (χ0v) is 20.7. The van der Waals surface area contributed by atoms with Crippen molar-refractivity contribution in [3.05, 3.63) is 47.8 Å². The zero-order chi connectivity index (χ0) is 24.6. The Morgan fingerprint density at radius 3 is 2.56 bits per heavy atom. The summed E-state index contributed by atoms with van der Waals surface area (Å²) < 4.78 is 11.7. The maximum absolute atomic E-state index is 13.2. The molecule has 1 atom stereocenters. The number of pyridine rings is 2. The standard InChI is InChI=1S/C26H35N5O3/c1-5-30(18-20(3)31(6-2)23-10-9-21(16-27)17-29-23)25(32)19-34-26(12-7-8-13-26)22-11-14-28-24(15-22)33-4/h9-11,14-15,17,20H,5-8,12-13,18-19H2,1-4H3. The SMILES string of the molecule is CCN(CC(C)N(CC)c1ccc(C#N)cn1)C(=O)COC1(c2ccnc(OC)c2)CCCC1. The molecule has 8 nitrogen and oxygen atoms in total. The minimum absolute atomic E-state index is 0.0227. The molecule has 2 aromatic rings. The summed E-state index contributed by atoms with van der Waals surface area (Å²) in [5.41, 5.74) is 1.08. The number of ether oxygens (including phenoxy) is 2. The lowest BCUT2D eigenvalue weighted by Gasteiger charge is -2.34. The number of rotatable bonds is 11. The van der Waals surface area contributed by atoms with Crippen LogP contribution in [-0.2, 0) is 15.1 Å². The van der Waals surface area contributed by atoms with Gasteiger partial charge >= 0.3 is 0 Å². The van der Waals surface area contributed by atoms with Crippen LogP contribution in [0, 0.1) is 11.3 Å². The first-order valence-corrected chi connectivity index (χ1v) is 12.0. The number of carbonyl (C=O) groups excluding carboxylic acids is 1. The number of nitriles is 1. The molecular formula is C26H35N5O3. The van der Waals surface area contributed by atoms with Crippen LogP contribution in [0.5, 0.6) is 5.88 Å². The summed E-state index contributed by atoms with van der Waals surface area (Å²) in [4.78, 5) is 25.8. The Balaban J connectivity index is 1.66. The minimum atomic E-state index is -0.473. The van der Waals surface area contributed by atoms with Crippen LogP contribution in [0.2, 0.25) is 0 Å². The monoisotopic (exact) mass is 465 g/mol. The van der Waals surface area contributed by atoms with Crippen molar-refractivity contribution in [1.82, 2.24) is 14.9 Å². The van der Waals surface area contributed by atoms with Gasteiger partial charge in [0.1, 0.15) is 18.5 Å². The average molecular weight is 466 g/mol. The Bertz CT molecular complexity index is 983. The Hall–Kier alpha value is -3.18. The van der Waals surface area contributed by atoms with E-state index in [0.29, 0.717) is 24.5 Å². The van der Waals surface area contributed by atoms with Crippen molar-refractivity contribution in [2.75, 3.05) is 38.3 Å². The fourth-order valence-corrected chi connectivity index (χ4v) is 4.70. The third-order valence-corrected chi connectivity index (χ3v) is 6.62. The first kappa shape index (κ1) is 25.4. The van der Waals surface area contributed by atoms with Gasteiger partial charge in [-0.05, 0) is 57.4 Å². The van der Waals surface area contributed by atoms with Crippen LogP contribution in [0.1, 0.15) is 57.6 Å². The fourth-order valence-electron chi connectivity index (χ4n) is 4.70. The molecule has 0 N–H and O–H groups in total. The smallest absolute Gasteiger partial charge is 0.248 e. The van der Waals surface area contributed by atoms with Crippen LogP contribution >= 0.6 is 0 Å². The summed E-state index contributed by atoms with van der Waals surface area (Å²) in [6.45, 7) is 8.07. The second-order valence-corrected chi connectivity index (χ2v) is 8.66. The molecule has 34 heavy (non-hydrogen) atoms. The molecule has 1 saturated carbocycles. The normalized spacial score (nSPS) is 15.4. The lowest BCUT2D eigenvalue weighted by Crippen LogP contribution is -2.46. The Labute approximate surface area is 202 Å². The van der Waals surface area contributed by atoms with Crippen molar-refractivity contribution in [3.63, 3.8) is 0 Å². The molecule has 1 aliphatic carbocycles. The number of amides is 1. The molecule has 3 rings (SSSR count). The molecule has 182 valence electrons. The summed E-state index contributed by atoms with van der Waals surface area (Å²) >= 11 is 0. The molecule has 0 radical (unpaired) electrons. The van der Waals surface area contributed by atoms with E-state index in [1.165, 1.54) is 0 Å². The molecule has 0 saturated heterocycles. The number of likely N-dealkylation sites (N-methyl/N-ethyl adjacent to an activating group) is 2. The largest absolute Gasteiger partial charge is 0.481 e. The summed E-state index contributed by atoms with van der Waals surface area (Å²) in [5, 5.41) is 9.02. The molecular weight excluding hydrogens is 430 g/mol. The first-order chi connectivity index (χ1) is 16.5. The van der Waals surface area contributed by atoms with E-state index in [1.54, 1.807) is 25.6 Å². The first-order valence-electron chi connectivity index (χ1n) is 12.0. The molecule has 8 heteroatoms. The zero-order valence-electron chi connectivity index (χ0n) is 20.7. The van der Waals surface area contributed by atoms with Crippen molar-refractivity contribution in [2.45, 2.75) is 58.1 Å². The maximum atomic E-state index is 13.2. The number of carbonyl (C=O) groups is 1. The lowest BCUT2D eigenvalue weighted by atomic mass is 9.92. The summed E-state index contributed by atoms with van der Waals surface area (Å²) in [5.74, 6) is 1.33. The van der Waals surface area contributed by atoms with Crippen molar-refractivity contribution < 1.29 is 14.3 Å². The highest BCUT2D eigenvalue weighted by Crippen LogP contribution is 2.42. The number of hydrogen-bond donors (Lipinski definition) is 0. The highest BCUT2D eigenvalue weighted by molar-refractivity contribution is 5.77. The predicted octanol–water partition coefficient (Wildman–Crippen LogP) is 3.91. The number of anilines is 1. The maximum Gasteiger partial charge on any atom is 0.248 e. The van der Waals surface area contributed by atoms with Gasteiger partial charge in [-0.25, -0.2) is 9.97 Å². The van der Waals surface area contributed by atoms with Crippen molar-refractivity contribution in [1.29, 1.82) is 5.26 Å². The van der Waals surface area contributed by atoms with Crippen LogP contribution < -0.4 is 9.64 Å². The quantitative estimate of drug-likeness (QED) is 0.497. The minimum Gasteiger partial charge on any atom is -0.481 e. The Kier molecular flexibility index (Phi) is 8.83. The predicted molar refractivity (Wildman–Crippen MR) is 131 cm³/mol. The van der Waals surface area contributed by atoms with Crippen LogP contribution in [0.15, 0.2) is 36.7 Å². The molecule has 2 heterocycles. The van der Waals surface area contributed by atoms with Gasteiger partial charge in [0.2, 0.25) is 11.8 Å². The number of aromatic nitrogens is 2. The van der Waals surface area contributed by atoms with Crippen molar-refractivity contribution in [2.24, 2.45) is 0 Å². The van der Waals surface area contributed by atoms with Crippen LogP contribution in [0.25, 0.3) is 0 Å². The van der Waals surface area contributed by atoms with Gasteiger partial charge in [0.15, 0.2) is 0 Å². The van der Waals surface area contributed by atoms with Gasteiger partial charge in [0, 0.05) is 44.1 Å². The molecule has 1 amide bonds. The molecule has 0 aliphatic heterocycles. The summed E-state index contributed by atoms with van der Waals surface area (Å²) in [7, 11) is 1.60. The average Bonchev–Trinajstić information content (AvgIpc) is 3.37. The van der Waals surface area contributed by atoms with Gasteiger partial charge in [-0.2, -0.15) is 5.26 Å². The van der Waals surface area contributed by atoms with E-state index in [-0.39, 0.29) is 18.6 Å². The summed E-state index contributed by atoms with van der Waals surface area (Å²) in [6.07, 6.45) is 7.20. The van der Waals surface area contributed by atoms with Crippen molar-refractivity contribution >= 4 is 11.7 Å². The van der Waals surface area contributed by atoms with Gasteiger partial charge in [-0.3, -0.25) is 4.79 Å². The van der Waals surface area contributed by atoms with Crippen molar-refractivity contribution in [3.8, 4) is 11.9 Å². The molecule has 1 fully saturated rings. The van der Waals surface area contributed by atoms with E-state index in [9.17, 15) is 4.79 Å². The van der Waals surface area contributed by atoms with E-state index < -0.39 is 5.60 Å². The van der Waals surface area contributed by atoms with Gasteiger partial charge in [-0.1, -0.05) is 12.8 Å². The van der Waals surface area contributed by atoms with Crippen LogP contribution in [0.3, 0.4) is 0 Å². The van der Waals surface area contributed by atoms with E-state index in [2.05, 4.69) is 34.8 Å². The highest BCUT2D eigenvalue weighted by Gasteiger charge is 2.38. The van der Waals surface area contributed by atoms with E-state index in [0.717, 1.165) is 43.6 Å². The third kappa shape index (κ3) is 5.84. The molecule has 0 aromatic carbocycles. The topological polar surface area (TPSA) is 91.6 Å². The molecule has 0 spiro atoms. The van der Waals surface area contributed by atoms with Gasteiger partial charge < -0.3 is 19.3 Å². The van der Waals surface area contributed by atoms with E-state index in [4.69, 9.17) is 14.7 Å². The molecule has 2 aromatic heterocycles. The van der Waals surface area contributed by atoms with Gasteiger partial charge in [0.25, 0.3) is 0 Å². The number of hydrogen-bond acceptors (Lipinski definition) is 7. The van der Waals surface area contributed by atoms with Gasteiger partial charge in [-0.15, -0.1) is 0 Å². The van der Waals surface area contributed by atoms with Crippen LogP contribution in [0.4, 0.5) is 5.82 Å². The second kappa shape index (κ2) is 11.8. The second-order valence-electron chi connectivity index (χ2n) is 8.66. The molecule has 1 aliphatic rings. The molecule has 1 unspecified atom stereocenters. The summed E-state index contributed by atoms with van der Waals surface area (Å²) in [6, 6.07) is 9.65. The Morgan fingerprint density at radius 1 is 1.21 bits per heavy atom. The Morgan fingerprint density at radius 2 is 1.97 bits per heavy atom. The number of methoxy groups -OCH3 is 1. The van der Waals surface area contributed by atoms with Gasteiger partial charge in [0.05, 0.1) is 18.3 Å².